The summed E-state index contributed by atoms with van der Waals surface area (Å²) < 4.78 is 56.6. The first-order chi connectivity index (χ1) is 15.5. The summed E-state index contributed by atoms with van der Waals surface area (Å²) >= 11 is 0. The average Bonchev–Trinajstić information content (AvgIpc) is 3.12. The molecule has 0 saturated carbocycles. The van der Waals surface area contributed by atoms with E-state index in [1.807, 2.05) is 0 Å². The molecule has 0 radical (unpaired) electrons. The lowest BCUT2D eigenvalue weighted by Crippen LogP contribution is -2.12. The van der Waals surface area contributed by atoms with Crippen molar-refractivity contribution in [2.45, 2.75) is 6.18 Å². The molecular weight excluding hydrogens is 444 g/mol. The lowest BCUT2D eigenvalue weighted by Gasteiger charge is -2.15. The maximum Gasteiger partial charge on any atom is 0.417 e. The van der Waals surface area contributed by atoms with Crippen LogP contribution < -0.4 is 5.32 Å². The number of hydrogen-bond donors (Lipinski definition) is 1. The molecule has 0 saturated heterocycles. The molecule has 0 atom stereocenters. The van der Waals surface area contributed by atoms with Crippen LogP contribution in [0.4, 0.5) is 28.9 Å². The van der Waals surface area contributed by atoms with Crippen molar-refractivity contribution in [2.75, 3.05) is 5.32 Å². The van der Waals surface area contributed by atoms with Gasteiger partial charge in [0.25, 0.3) is 5.91 Å². The number of anilines is 1. The van der Waals surface area contributed by atoms with Crippen LogP contribution in [-0.4, -0.2) is 20.4 Å². The minimum absolute atomic E-state index is 0.119. The number of carbonyl (C=O) groups is 1. The second-order valence-corrected chi connectivity index (χ2v) is 7.20. The first-order valence-corrected chi connectivity index (χ1v) is 9.42. The van der Waals surface area contributed by atoms with Gasteiger partial charge >= 0.3 is 11.9 Å². The van der Waals surface area contributed by atoms with Crippen LogP contribution in [0.25, 0.3) is 22.2 Å². The van der Waals surface area contributed by atoms with Crippen LogP contribution in [0.5, 0.6) is 0 Å². The van der Waals surface area contributed by atoms with Gasteiger partial charge in [-0.05, 0) is 47.5 Å². The van der Waals surface area contributed by atoms with E-state index in [1.165, 1.54) is 41.2 Å². The van der Waals surface area contributed by atoms with E-state index in [0.717, 1.165) is 18.2 Å². The predicted molar refractivity (Wildman–Crippen MR) is 112 cm³/mol. The van der Waals surface area contributed by atoms with Crippen molar-refractivity contribution >= 4 is 28.3 Å². The van der Waals surface area contributed by atoms with E-state index in [0.29, 0.717) is 17.1 Å². The van der Waals surface area contributed by atoms with E-state index in [-0.39, 0.29) is 22.4 Å². The summed E-state index contributed by atoms with van der Waals surface area (Å²) in [6.45, 7) is 0. The Morgan fingerprint density at radius 1 is 1.12 bits per heavy atom. The lowest BCUT2D eigenvalue weighted by atomic mass is 9.98. The Balaban J connectivity index is 1.70. The van der Waals surface area contributed by atoms with Crippen molar-refractivity contribution < 1.29 is 27.3 Å². The summed E-state index contributed by atoms with van der Waals surface area (Å²) in [5.74, 6) is -1.96. The van der Waals surface area contributed by atoms with Gasteiger partial charge in [-0.1, -0.05) is 12.1 Å². The first-order valence-electron chi connectivity index (χ1n) is 9.42. The smallest absolute Gasteiger partial charge is 0.334 e. The van der Waals surface area contributed by atoms with Crippen molar-refractivity contribution in [1.29, 1.82) is 0 Å². The highest BCUT2D eigenvalue weighted by Crippen LogP contribution is 2.39. The zero-order valence-electron chi connectivity index (χ0n) is 16.9. The number of imidazole rings is 1. The number of alkyl halides is 3. The number of carbonyl (C=O) groups excluding carboxylic acids is 1. The zero-order valence-corrected chi connectivity index (χ0v) is 16.9. The number of hydrogen-bond acceptors (Lipinski definition) is 4. The maximum absolute atomic E-state index is 13.8. The highest BCUT2D eigenvalue weighted by atomic mass is 19.4. The molecule has 7 nitrogen and oxygen atoms in total. The van der Waals surface area contributed by atoms with Gasteiger partial charge in [-0.25, -0.2) is 4.98 Å². The van der Waals surface area contributed by atoms with Gasteiger partial charge in [0.1, 0.15) is 0 Å². The van der Waals surface area contributed by atoms with Gasteiger partial charge in [0.2, 0.25) is 5.82 Å². The average molecular weight is 458 g/mol. The largest absolute Gasteiger partial charge is 0.417 e. The number of amides is 1. The van der Waals surface area contributed by atoms with Gasteiger partial charge in [-0.2, -0.15) is 17.6 Å². The Kier molecular flexibility index (Phi) is 5.32. The van der Waals surface area contributed by atoms with Crippen molar-refractivity contribution in [2.24, 2.45) is 7.05 Å². The van der Waals surface area contributed by atoms with Gasteiger partial charge in [-0.15, -0.1) is 0 Å². The molecule has 0 bridgehead atoms. The van der Waals surface area contributed by atoms with Gasteiger partial charge in [-0.3, -0.25) is 14.9 Å². The second kappa shape index (κ2) is 8.01. The van der Waals surface area contributed by atoms with Crippen LogP contribution in [-0.2, 0) is 13.2 Å². The summed E-state index contributed by atoms with van der Waals surface area (Å²) in [5, 5.41) is 13.2. The molecule has 0 aliphatic carbocycles. The molecule has 0 fully saturated rings. The molecule has 3 aromatic carbocycles. The monoisotopic (exact) mass is 458 g/mol. The lowest BCUT2D eigenvalue weighted by molar-refractivity contribution is -0.387. The SMILES string of the molecule is Cn1cnc2cc(-c3cccc(NC(=O)c4ccc([N+](=O)[O-])c(F)c4)c3)c(C(F)(F)F)cc21. The van der Waals surface area contributed by atoms with Gasteiger partial charge < -0.3 is 9.88 Å². The second-order valence-electron chi connectivity index (χ2n) is 7.20. The highest BCUT2D eigenvalue weighted by molar-refractivity contribution is 6.04. The number of nitrogens with zero attached hydrogens (tertiary/aromatic N) is 3. The fourth-order valence-corrected chi connectivity index (χ4v) is 3.41. The molecular formula is C22H14F4N4O3. The molecule has 0 aliphatic rings. The zero-order chi connectivity index (χ0) is 23.9. The van der Waals surface area contributed by atoms with Crippen molar-refractivity contribution in [3.63, 3.8) is 0 Å². The number of nitro benzene ring substituents is 1. The molecule has 1 heterocycles. The van der Waals surface area contributed by atoms with E-state index < -0.39 is 34.1 Å². The molecule has 33 heavy (non-hydrogen) atoms. The van der Waals surface area contributed by atoms with Crippen molar-refractivity contribution in [3.8, 4) is 11.1 Å². The fourth-order valence-electron chi connectivity index (χ4n) is 3.41. The third-order valence-corrected chi connectivity index (χ3v) is 5.01. The highest BCUT2D eigenvalue weighted by Gasteiger charge is 2.34. The number of halogens is 4. The van der Waals surface area contributed by atoms with Gasteiger partial charge in [0.15, 0.2) is 0 Å². The molecule has 1 aromatic heterocycles. The Morgan fingerprint density at radius 3 is 2.55 bits per heavy atom. The fraction of sp³-hybridized carbons (Fsp3) is 0.0909. The van der Waals surface area contributed by atoms with Crippen LogP contribution in [0.3, 0.4) is 0 Å². The number of fused-ring (bicyclic) bond motifs is 1. The molecule has 168 valence electrons. The molecule has 4 rings (SSSR count). The predicted octanol–water partition coefficient (Wildman–Crippen LogP) is 5.56. The van der Waals surface area contributed by atoms with Crippen LogP contribution >= 0.6 is 0 Å². The van der Waals surface area contributed by atoms with E-state index >= 15 is 0 Å². The minimum Gasteiger partial charge on any atom is -0.334 e. The van der Waals surface area contributed by atoms with E-state index in [1.54, 1.807) is 7.05 Å². The molecule has 1 amide bonds. The van der Waals surface area contributed by atoms with Crippen LogP contribution in [0.15, 0.2) is 60.9 Å². The third kappa shape index (κ3) is 4.25. The number of benzene rings is 3. The Hall–Kier alpha value is -4.28. The minimum atomic E-state index is -4.64. The Morgan fingerprint density at radius 2 is 1.88 bits per heavy atom. The summed E-state index contributed by atoms with van der Waals surface area (Å²) in [6, 6.07) is 10.7. The molecule has 1 N–H and O–H groups in total. The van der Waals surface area contributed by atoms with E-state index in [2.05, 4.69) is 10.3 Å². The van der Waals surface area contributed by atoms with Crippen LogP contribution in [0, 0.1) is 15.9 Å². The number of aromatic nitrogens is 2. The summed E-state index contributed by atoms with van der Waals surface area (Å²) in [7, 11) is 1.59. The molecule has 0 unspecified atom stereocenters. The normalized spacial score (nSPS) is 11.5. The van der Waals surface area contributed by atoms with Crippen LogP contribution in [0.1, 0.15) is 15.9 Å². The number of aryl methyl sites for hydroxylation is 1. The number of rotatable bonds is 4. The van der Waals surface area contributed by atoms with E-state index in [4.69, 9.17) is 0 Å². The molecule has 4 aromatic rings. The van der Waals surface area contributed by atoms with Gasteiger partial charge in [0.05, 0.1) is 27.8 Å². The topological polar surface area (TPSA) is 90.1 Å². The maximum atomic E-state index is 13.8. The Bertz CT molecular complexity index is 1410. The first kappa shape index (κ1) is 21.9. The third-order valence-electron chi connectivity index (χ3n) is 5.01. The molecule has 0 aliphatic heterocycles. The van der Waals surface area contributed by atoms with E-state index in [9.17, 15) is 32.5 Å². The number of nitrogens with one attached hydrogen (secondary N) is 1. The van der Waals surface area contributed by atoms with Crippen LogP contribution in [0.2, 0.25) is 0 Å². The van der Waals surface area contributed by atoms with Gasteiger partial charge in [0, 0.05) is 24.4 Å². The summed E-state index contributed by atoms with van der Waals surface area (Å²) in [5.41, 5.74) is -0.918. The summed E-state index contributed by atoms with van der Waals surface area (Å²) in [6.07, 6.45) is -3.22. The number of nitro groups is 1. The summed E-state index contributed by atoms with van der Waals surface area (Å²) in [4.78, 5) is 26.4. The van der Waals surface area contributed by atoms with Crippen molar-refractivity contribution in [3.05, 3.63) is 88.0 Å². The quantitative estimate of drug-likeness (QED) is 0.246. The molecule has 0 spiro atoms. The molecule has 11 heteroatoms. The Labute approximate surface area is 183 Å². The van der Waals surface area contributed by atoms with Crippen molar-refractivity contribution in [1.82, 2.24) is 9.55 Å². The standard InChI is InChI=1S/C22H14F4N4O3/c1-29-11-27-18-9-15(16(10-20(18)29)22(24,25)26)12-3-2-4-14(7-12)28-21(31)13-5-6-19(30(32)33)17(23)8-13/h2-11H,1H3,(H,28,31).